The van der Waals surface area contributed by atoms with E-state index in [1.165, 1.54) is 12.1 Å². The maximum Gasteiger partial charge on any atom is 0.0948 e. The zero-order chi connectivity index (χ0) is 13.7. The maximum atomic E-state index is 6.01. The van der Waals surface area contributed by atoms with Crippen LogP contribution < -0.4 is 5.73 Å². The fraction of sp³-hybridized carbons (Fsp3) is 0.786. The van der Waals surface area contributed by atoms with Crippen molar-refractivity contribution in [2.45, 2.75) is 45.4 Å². The molecular formula is C14H26N4O. The van der Waals surface area contributed by atoms with Gasteiger partial charge in [0.2, 0.25) is 0 Å². The minimum atomic E-state index is 0.255. The van der Waals surface area contributed by atoms with Gasteiger partial charge in [0.1, 0.15) is 0 Å². The molecule has 0 aromatic carbocycles. The lowest BCUT2D eigenvalue weighted by Gasteiger charge is -2.37. The molecule has 5 nitrogen and oxygen atoms in total. The van der Waals surface area contributed by atoms with E-state index in [2.05, 4.69) is 28.3 Å². The average molecular weight is 266 g/mol. The van der Waals surface area contributed by atoms with Gasteiger partial charge in [0.05, 0.1) is 24.2 Å². The van der Waals surface area contributed by atoms with Crippen LogP contribution in [0.3, 0.4) is 0 Å². The van der Waals surface area contributed by atoms with Crippen molar-refractivity contribution < 1.29 is 4.74 Å². The van der Waals surface area contributed by atoms with E-state index in [0.717, 1.165) is 32.7 Å². The molecule has 2 unspecified atom stereocenters. The fourth-order valence-corrected chi connectivity index (χ4v) is 2.95. The maximum absolute atomic E-state index is 6.01. The van der Waals surface area contributed by atoms with Gasteiger partial charge >= 0.3 is 0 Å². The largest absolute Gasteiger partial charge is 0.377 e. The molecule has 0 amide bonds. The van der Waals surface area contributed by atoms with Crippen molar-refractivity contribution in [2.75, 3.05) is 26.2 Å². The number of hydrogen-bond donors (Lipinski definition) is 1. The van der Waals surface area contributed by atoms with Crippen molar-refractivity contribution in [3.05, 3.63) is 18.2 Å². The van der Waals surface area contributed by atoms with Gasteiger partial charge in [0, 0.05) is 32.4 Å². The molecule has 1 aromatic rings. The van der Waals surface area contributed by atoms with Crippen LogP contribution in [-0.4, -0.2) is 46.8 Å². The molecule has 2 atom stereocenters. The first-order valence-corrected chi connectivity index (χ1v) is 7.35. The Morgan fingerprint density at radius 3 is 3.05 bits per heavy atom. The summed E-state index contributed by atoms with van der Waals surface area (Å²) in [5.74, 6) is 0. The Hall–Kier alpha value is -0.910. The number of hydrogen-bond acceptors (Lipinski definition) is 4. The monoisotopic (exact) mass is 266 g/mol. The molecule has 108 valence electrons. The third kappa shape index (κ3) is 3.35. The Morgan fingerprint density at radius 2 is 2.37 bits per heavy atom. The Bertz CT molecular complexity index is 377. The number of rotatable bonds is 6. The molecule has 0 aliphatic carbocycles. The normalized spacial score (nSPS) is 22.6. The molecule has 1 aliphatic rings. The predicted molar refractivity (Wildman–Crippen MR) is 75.9 cm³/mol. The van der Waals surface area contributed by atoms with Crippen LogP contribution >= 0.6 is 0 Å². The molecule has 0 radical (unpaired) electrons. The molecule has 0 saturated carbocycles. The number of nitrogens with two attached hydrogens (primary N) is 1. The summed E-state index contributed by atoms with van der Waals surface area (Å²) in [6, 6.07) is 0.255. The standard InChI is InChI=1S/C14H26N4O/c1-3-17-11-16-9-14(17)13(8-15)18-7-5-6-12(10-18)19-4-2/h9,11-13H,3-8,10,15H2,1-2H3. The number of aromatic nitrogens is 2. The molecule has 2 rings (SSSR count). The van der Waals surface area contributed by atoms with Gasteiger partial charge in [-0.05, 0) is 33.2 Å². The molecule has 19 heavy (non-hydrogen) atoms. The molecular weight excluding hydrogens is 240 g/mol. The Kier molecular flexibility index (Phi) is 5.36. The van der Waals surface area contributed by atoms with Crippen molar-refractivity contribution >= 4 is 0 Å². The van der Waals surface area contributed by atoms with Gasteiger partial charge in [-0.2, -0.15) is 0 Å². The first kappa shape index (κ1) is 14.5. The molecule has 2 N–H and O–H groups in total. The van der Waals surface area contributed by atoms with Gasteiger partial charge in [-0.15, -0.1) is 0 Å². The van der Waals surface area contributed by atoms with Gasteiger partial charge in [-0.3, -0.25) is 4.90 Å². The van der Waals surface area contributed by atoms with Crippen molar-refractivity contribution in [1.29, 1.82) is 0 Å². The molecule has 5 heteroatoms. The quantitative estimate of drug-likeness (QED) is 0.845. The SMILES string of the molecule is CCOC1CCCN(C(CN)c2cncn2CC)C1. The molecule has 2 heterocycles. The smallest absolute Gasteiger partial charge is 0.0948 e. The van der Waals surface area contributed by atoms with Crippen LogP contribution in [0.25, 0.3) is 0 Å². The summed E-state index contributed by atoms with van der Waals surface area (Å²) in [5, 5.41) is 0. The highest BCUT2D eigenvalue weighted by Crippen LogP contribution is 2.24. The van der Waals surface area contributed by atoms with Crippen molar-refractivity contribution in [1.82, 2.24) is 14.5 Å². The number of ether oxygens (including phenoxy) is 1. The van der Waals surface area contributed by atoms with Gasteiger partial charge in [-0.25, -0.2) is 4.98 Å². The van der Waals surface area contributed by atoms with Crippen LogP contribution in [-0.2, 0) is 11.3 Å². The van der Waals surface area contributed by atoms with Crippen molar-refractivity contribution in [3.8, 4) is 0 Å². The van der Waals surface area contributed by atoms with E-state index in [9.17, 15) is 0 Å². The third-order valence-corrected chi connectivity index (χ3v) is 3.90. The van der Waals surface area contributed by atoms with Crippen LogP contribution in [0.4, 0.5) is 0 Å². The van der Waals surface area contributed by atoms with E-state index in [-0.39, 0.29) is 6.04 Å². The summed E-state index contributed by atoms with van der Waals surface area (Å²) in [7, 11) is 0. The van der Waals surface area contributed by atoms with Gasteiger partial charge in [-0.1, -0.05) is 0 Å². The van der Waals surface area contributed by atoms with E-state index >= 15 is 0 Å². The average Bonchev–Trinajstić information content (AvgIpc) is 2.89. The number of likely N-dealkylation sites (tertiary alicyclic amines) is 1. The van der Waals surface area contributed by atoms with Crippen LogP contribution in [0, 0.1) is 0 Å². The summed E-state index contributed by atoms with van der Waals surface area (Å²) < 4.78 is 7.96. The molecule has 1 aromatic heterocycles. The molecule has 1 saturated heterocycles. The highest BCUT2D eigenvalue weighted by Gasteiger charge is 2.27. The molecule has 1 fully saturated rings. The predicted octanol–water partition coefficient (Wildman–Crippen LogP) is 1.40. The minimum Gasteiger partial charge on any atom is -0.377 e. The van der Waals surface area contributed by atoms with E-state index < -0.39 is 0 Å². The summed E-state index contributed by atoms with van der Waals surface area (Å²) in [6.45, 7) is 8.63. The Morgan fingerprint density at radius 1 is 1.53 bits per heavy atom. The van der Waals surface area contributed by atoms with E-state index in [1.807, 2.05) is 12.5 Å². The lowest BCUT2D eigenvalue weighted by molar-refractivity contribution is -0.00753. The first-order valence-electron chi connectivity index (χ1n) is 7.35. The second kappa shape index (κ2) is 7.03. The van der Waals surface area contributed by atoms with Crippen LogP contribution in [0.15, 0.2) is 12.5 Å². The Labute approximate surface area is 115 Å². The molecule has 0 bridgehead atoms. The van der Waals surface area contributed by atoms with Gasteiger partial charge < -0.3 is 15.0 Å². The molecule has 1 aliphatic heterocycles. The minimum absolute atomic E-state index is 0.255. The summed E-state index contributed by atoms with van der Waals surface area (Å²) in [5.41, 5.74) is 7.24. The van der Waals surface area contributed by atoms with E-state index in [4.69, 9.17) is 10.5 Å². The first-order chi connectivity index (χ1) is 9.30. The summed E-state index contributed by atoms with van der Waals surface area (Å²) in [4.78, 5) is 6.71. The number of piperidine rings is 1. The lowest BCUT2D eigenvalue weighted by atomic mass is 10.0. The van der Waals surface area contributed by atoms with Gasteiger partial charge in [0.25, 0.3) is 0 Å². The van der Waals surface area contributed by atoms with Crippen LogP contribution in [0.1, 0.15) is 38.4 Å². The topological polar surface area (TPSA) is 56.3 Å². The van der Waals surface area contributed by atoms with Crippen LogP contribution in [0.5, 0.6) is 0 Å². The number of imidazole rings is 1. The summed E-state index contributed by atoms with van der Waals surface area (Å²) in [6.07, 6.45) is 6.54. The van der Waals surface area contributed by atoms with E-state index in [0.29, 0.717) is 12.6 Å². The number of nitrogens with zero attached hydrogens (tertiary/aromatic N) is 3. The van der Waals surface area contributed by atoms with Crippen LogP contribution in [0.2, 0.25) is 0 Å². The Balaban J connectivity index is 2.08. The van der Waals surface area contributed by atoms with Gasteiger partial charge in [0.15, 0.2) is 0 Å². The van der Waals surface area contributed by atoms with E-state index in [1.54, 1.807) is 0 Å². The number of aryl methyl sites for hydroxylation is 1. The highest BCUT2D eigenvalue weighted by atomic mass is 16.5. The highest BCUT2D eigenvalue weighted by molar-refractivity contribution is 5.07. The van der Waals surface area contributed by atoms with Crippen molar-refractivity contribution in [2.24, 2.45) is 5.73 Å². The van der Waals surface area contributed by atoms with Crippen molar-refractivity contribution in [3.63, 3.8) is 0 Å². The second-order valence-electron chi connectivity index (χ2n) is 5.07. The fourth-order valence-electron chi connectivity index (χ4n) is 2.95. The summed E-state index contributed by atoms with van der Waals surface area (Å²) >= 11 is 0. The third-order valence-electron chi connectivity index (χ3n) is 3.90. The molecule has 0 spiro atoms. The lowest BCUT2D eigenvalue weighted by Crippen LogP contribution is -2.44. The zero-order valence-corrected chi connectivity index (χ0v) is 12.1. The second-order valence-corrected chi connectivity index (χ2v) is 5.07. The zero-order valence-electron chi connectivity index (χ0n) is 12.1.